The number of aromatic nitrogens is 1. The highest BCUT2D eigenvalue weighted by molar-refractivity contribution is 5.78. The highest BCUT2D eigenvalue weighted by Crippen LogP contribution is 2.29. The zero-order chi connectivity index (χ0) is 23.0. The minimum Gasteiger partial charge on any atom is -0.0622 e. The first-order chi connectivity index (χ1) is 16.9. The maximum Gasteiger partial charge on any atom is 0.246 e. The predicted octanol–water partition coefficient (Wildman–Crippen LogP) is 7.52. The summed E-state index contributed by atoms with van der Waals surface area (Å²) in [5, 5.41) is 4.91. The van der Waals surface area contributed by atoms with E-state index in [1.165, 1.54) is 5.56 Å². The molecule has 0 atom stereocenters. The fourth-order valence-electron chi connectivity index (χ4n) is 3.96. The third-order valence-corrected chi connectivity index (χ3v) is 5.64. The summed E-state index contributed by atoms with van der Waals surface area (Å²) >= 11 is 0. The molecular weight excluding hydrogens is 412 g/mol. The molecule has 162 valence electrons. The van der Waals surface area contributed by atoms with Crippen LogP contribution in [-0.4, -0.2) is 6.21 Å². The summed E-state index contributed by atoms with van der Waals surface area (Å²) < 4.78 is 2.03. The molecule has 0 saturated carbocycles. The van der Waals surface area contributed by atoms with E-state index in [9.17, 15) is 0 Å². The van der Waals surface area contributed by atoms with E-state index in [0.29, 0.717) is 0 Å². The number of rotatable bonds is 6. The summed E-state index contributed by atoms with van der Waals surface area (Å²) in [6.45, 7) is 0. The normalized spacial score (nSPS) is 11.3. The van der Waals surface area contributed by atoms with Gasteiger partial charge >= 0.3 is 0 Å². The summed E-state index contributed by atoms with van der Waals surface area (Å²) in [4.78, 5) is 0. The lowest BCUT2D eigenvalue weighted by Crippen LogP contribution is -2.33. The average molecular weight is 438 g/mol. The second kappa shape index (κ2) is 10.4. The van der Waals surface area contributed by atoms with Crippen molar-refractivity contribution in [2.45, 2.75) is 0 Å². The van der Waals surface area contributed by atoms with Crippen molar-refractivity contribution in [3.63, 3.8) is 0 Å². The van der Waals surface area contributed by atoms with Gasteiger partial charge in [-0.1, -0.05) is 103 Å². The minimum absolute atomic E-state index is 1.03. The summed E-state index contributed by atoms with van der Waals surface area (Å²) in [6, 6.07) is 46.0. The van der Waals surface area contributed by atoms with Crippen LogP contribution in [0.25, 0.3) is 39.7 Å². The van der Waals surface area contributed by atoms with Gasteiger partial charge in [-0.15, -0.1) is 0 Å². The molecule has 0 bridgehead atoms. The van der Waals surface area contributed by atoms with Crippen molar-refractivity contribution >= 4 is 12.3 Å². The standard InChI is InChI=1S/C32H25N2/c1-5-14-26(15-6-1)16-13-23-33-34-31(28-19-9-3-10-20-28)24-30(27-17-7-2-8-18-27)25-32(34)29-21-11-4-12-22-29/h1-25H/q+1/b16-13+,33-23+. The predicted molar refractivity (Wildman–Crippen MR) is 142 cm³/mol. The van der Waals surface area contributed by atoms with Gasteiger partial charge in [-0.05, 0) is 56.8 Å². The van der Waals surface area contributed by atoms with E-state index in [0.717, 1.165) is 33.6 Å². The molecule has 4 aromatic carbocycles. The Labute approximate surface area is 200 Å². The van der Waals surface area contributed by atoms with Crippen LogP contribution in [-0.2, 0) is 0 Å². The van der Waals surface area contributed by atoms with Crippen molar-refractivity contribution in [2.24, 2.45) is 5.10 Å². The Bertz CT molecular complexity index is 1350. The van der Waals surface area contributed by atoms with Gasteiger partial charge in [-0.2, -0.15) is 0 Å². The second-order valence-corrected chi connectivity index (χ2v) is 7.96. The summed E-state index contributed by atoms with van der Waals surface area (Å²) in [5.41, 5.74) is 7.77. The molecule has 34 heavy (non-hydrogen) atoms. The van der Waals surface area contributed by atoms with Crippen LogP contribution < -0.4 is 4.68 Å². The fraction of sp³-hybridized carbons (Fsp3) is 0. The van der Waals surface area contributed by atoms with Gasteiger partial charge in [-0.25, -0.2) is 0 Å². The van der Waals surface area contributed by atoms with Gasteiger partial charge in [0.05, 0.1) is 6.21 Å². The average Bonchev–Trinajstić information content (AvgIpc) is 2.93. The second-order valence-electron chi connectivity index (χ2n) is 7.96. The Morgan fingerprint density at radius 1 is 0.471 bits per heavy atom. The van der Waals surface area contributed by atoms with Gasteiger partial charge < -0.3 is 0 Å². The summed E-state index contributed by atoms with van der Waals surface area (Å²) in [6.07, 6.45) is 5.90. The van der Waals surface area contributed by atoms with E-state index < -0.39 is 0 Å². The van der Waals surface area contributed by atoms with Gasteiger partial charge in [0.1, 0.15) is 0 Å². The van der Waals surface area contributed by atoms with Gasteiger partial charge in [-0.3, -0.25) is 0 Å². The van der Waals surface area contributed by atoms with E-state index >= 15 is 0 Å². The molecule has 0 N–H and O–H groups in total. The molecule has 1 aromatic heterocycles. The first-order valence-electron chi connectivity index (χ1n) is 11.4. The number of hydrogen-bond donors (Lipinski definition) is 0. The van der Waals surface area contributed by atoms with Crippen LogP contribution >= 0.6 is 0 Å². The highest BCUT2D eigenvalue weighted by atomic mass is 15.3. The summed E-state index contributed by atoms with van der Waals surface area (Å²) in [7, 11) is 0. The van der Waals surface area contributed by atoms with Crippen molar-refractivity contribution in [3.8, 4) is 33.6 Å². The zero-order valence-corrected chi connectivity index (χ0v) is 18.8. The first kappa shape index (κ1) is 21.3. The van der Waals surface area contributed by atoms with E-state index in [1.54, 1.807) is 0 Å². The van der Waals surface area contributed by atoms with Crippen molar-refractivity contribution in [1.29, 1.82) is 0 Å². The molecule has 2 nitrogen and oxygen atoms in total. The molecule has 0 unspecified atom stereocenters. The number of pyridine rings is 1. The molecule has 0 fully saturated rings. The van der Waals surface area contributed by atoms with E-state index in [-0.39, 0.29) is 0 Å². The van der Waals surface area contributed by atoms with Crippen LogP contribution in [0.15, 0.2) is 145 Å². The highest BCUT2D eigenvalue weighted by Gasteiger charge is 2.22. The Morgan fingerprint density at radius 2 is 0.912 bits per heavy atom. The van der Waals surface area contributed by atoms with Crippen molar-refractivity contribution < 1.29 is 4.68 Å². The molecule has 0 radical (unpaired) electrons. The van der Waals surface area contributed by atoms with Gasteiger partial charge in [0, 0.05) is 23.3 Å². The monoisotopic (exact) mass is 437 g/mol. The fourth-order valence-corrected chi connectivity index (χ4v) is 3.96. The van der Waals surface area contributed by atoms with E-state index in [2.05, 4.69) is 103 Å². The van der Waals surface area contributed by atoms with E-state index in [4.69, 9.17) is 5.10 Å². The Hall–Kier alpha value is -4.56. The Balaban J connectivity index is 1.69. The third kappa shape index (κ3) is 4.92. The molecule has 0 amide bonds. The molecular formula is C32H25N2+. The molecule has 0 spiro atoms. The molecule has 1 heterocycles. The van der Waals surface area contributed by atoms with Crippen LogP contribution in [0.2, 0.25) is 0 Å². The molecule has 0 saturated heterocycles. The Morgan fingerprint density at radius 3 is 1.41 bits per heavy atom. The quantitative estimate of drug-likeness (QED) is 0.193. The van der Waals surface area contributed by atoms with Crippen LogP contribution in [0.4, 0.5) is 0 Å². The van der Waals surface area contributed by atoms with Crippen LogP contribution in [0.1, 0.15) is 5.56 Å². The number of nitrogens with zero attached hydrogens (tertiary/aromatic N) is 2. The number of allylic oxidation sites excluding steroid dienone is 1. The molecule has 0 aliphatic rings. The van der Waals surface area contributed by atoms with Gasteiger partial charge in [0.2, 0.25) is 11.4 Å². The van der Waals surface area contributed by atoms with Crippen LogP contribution in [0, 0.1) is 0 Å². The topological polar surface area (TPSA) is 16.2 Å². The first-order valence-corrected chi connectivity index (χ1v) is 11.4. The van der Waals surface area contributed by atoms with Crippen molar-refractivity contribution in [1.82, 2.24) is 0 Å². The number of benzene rings is 4. The van der Waals surface area contributed by atoms with Crippen LogP contribution in [0.5, 0.6) is 0 Å². The van der Waals surface area contributed by atoms with Crippen LogP contribution in [0.3, 0.4) is 0 Å². The molecule has 5 rings (SSSR count). The zero-order valence-electron chi connectivity index (χ0n) is 18.8. The summed E-state index contributed by atoms with van der Waals surface area (Å²) in [5.74, 6) is 0. The Kier molecular flexibility index (Phi) is 6.50. The maximum atomic E-state index is 4.91. The SMILES string of the molecule is C(=C\c1ccccc1)/C=N/[n+]1c(-c2ccccc2)cc(-c2ccccc2)cc1-c1ccccc1. The number of hydrogen-bond acceptors (Lipinski definition) is 1. The lowest BCUT2D eigenvalue weighted by Gasteiger charge is -2.08. The third-order valence-electron chi connectivity index (χ3n) is 5.64. The van der Waals surface area contributed by atoms with E-state index in [1.807, 2.05) is 53.4 Å². The lowest BCUT2D eigenvalue weighted by atomic mass is 10.00. The molecule has 0 aliphatic carbocycles. The maximum absolute atomic E-state index is 4.91. The molecule has 0 aliphatic heterocycles. The lowest BCUT2D eigenvalue weighted by molar-refractivity contribution is -0.656. The van der Waals surface area contributed by atoms with Gasteiger partial charge in [0.15, 0.2) is 0 Å². The van der Waals surface area contributed by atoms with Crippen molar-refractivity contribution in [3.05, 3.63) is 145 Å². The minimum atomic E-state index is 1.03. The van der Waals surface area contributed by atoms with Gasteiger partial charge in [0.25, 0.3) is 0 Å². The largest absolute Gasteiger partial charge is 0.246 e. The smallest absolute Gasteiger partial charge is 0.0622 e. The van der Waals surface area contributed by atoms with Crippen molar-refractivity contribution in [2.75, 3.05) is 0 Å². The molecule has 2 heteroatoms. The molecule has 5 aromatic rings.